The topological polar surface area (TPSA) is 71.4 Å². The Labute approximate surface area is 107 Å². The van der Waals surface area contributed by atoms with Gasteiger partial charge in [0.1, 0.15) is 0 Å². The molecule has 1 saturated carbocycles. The van der Waals surface area contributed by atoms with Crippen LogP contribution in [0.5, 0.6) is 0 Å². The molecule has 1 N–H and O–H groups in total. The summed E-state index contributed by atoms with van der Waals surface area (Å²) in [7, 11) is -3.39. The smallest absolute Gasteiger partial charge is 0.306 e. The van der Waals surface area contributed by atoms with Crippen molar-refractivity contribution >= 4 is 15.8 Å². The highest BCUT2D eigenvalue weighted by atomic mass is 32.2. The maximum absolute atomic E-state index is 12.3. The molecule has 0 aliphatic heterocycles. The van der Waals surface area contributed by atoms with Crippen molar-refractivity contribution in [2.75, 3.05) is 0 Å². The number of aryl methyl sites for hydroxylation is 1. The summed E-state index contributed by atoms with van der Waals surface area (Å²) in [6.07, 6.45) is 1.11. The van der Waals surface area contributed by atoms with E-state index in [1.165, 1.54) is 0 Å². The van der Waals surface area contributed by atoms with Crippen molar-refractivity contribution in [1.82, 2.24) is 0 Å². The molecule has 1 fully saturated rings. The molecular weight excluding hydrogens is 252 g/mol. The van der Waals surface area contributed by atoms with E-state index in [1.807, 2.05) is 6.92 Å². The van der Waals surface area contributed by atoms with Crippen molar-refractivity contribution < 1.29 is 18.3 Å². The minimum absolute atomic E-state index is 0.228. The highest BCUT2D eigenvalue weighted by Crippen LogP contribution is 2.33. The second-order valence-electron chi connectivity index (χ2n) is 4.83. The van der Waals surface area contributed by atoms with E-state index in [2.05, 4.69) is 0 Å². The monoisotopic (exact) mass is 268 g/mol. The second kappa shape index (κ2) is 4.72. The zero-order valence-electron chi connectivity index (χ0n) is 10.2. The molecule has 4 nitrogen and oxygen atoms in total. The molecule has 1 aliphatic carbocycles. The van der Waals surface area contributed by atoms with Gasteiger partial charge < -0.3 is 5.11 Å². The minimum Gasteiger partial charge on any atom is -0.481 e. The van der Waals surface area contributed by atoms with E-state index in [9.17, 15) is 13.2 Å². The number of hydrogen-bond donors (Lipinski definition) is 1. The molecule has 0 amide bonds. The molecule has 2 rings (SSSR count). The molecule has 98 valence electrons. The van der Waals surface area contributed by atoms with Crippen LogP contribution in [0.25, 0.3) is 0 Å². The number of hydrogen-bond acceptors (Lipinski definition) is 3. The van der Waals surface area contributed by atoms with Crippen molar-refractivity contribution in [3.05, 3.63) is 29.8 Å². The maximum atomic E-state index is 12.3. The van der Waals surface area contributed by atoms with Gasteiger partial charge in [-0.05, 0) is 38.3 Å². The molecule has 1 aromatic carbocycles. The Kier molecular flexibility index (Phi) is 3.43. The largest absolute Gasteiger partial charge is 0.481 e. The predicted octanol–water partition coefficient (Wildman–Crippen LogP) is 2.02. The quantitative estimate of drug-likeness (QED) is 0.910. The van der Waals surface area contributed by atoms with Gasteiger partial charge in [-0.15, -0.1) is 0 Å². The van der Waals surface area contributed by atoms with Crippen LogP contribution in [0.15, 0.2) is 29.2 Å². The Bertz CT molecular complexity index is 545. The number of rotatable bonds is 3. The van der Waals surface area contributed by atoms with Gasteiger partial charge in [-0.25, -0.2) is 8.42 Å². The SMILES string of the molecule is Cc1ccc(S(=O)(=O)C2CCC(C(=O)O)C2)cc1. The van der Waals surface area contributed by atoms with Crippen molar-refractivity contribution in [2.24, 2.45) is 5.92 Å². The summed E-state index contributed by atoms with van der Waals surface area (Å²) in [6.45, 7) is 1.90. The van der Waals surface area contributed by atoms with Gasteiger partial charge >= 0.3 is 5.97 Å². The first-order chi connectivity index (χ1) is 8.41. The Morgan fingerprint density at radius 2 is 1.83 bits per heavy atom. The van der Waals surface area contributed by atoms with Gasteiger partial charge in [-0.1, -0.05) is 17.7 Å². The number of benzene rings is 1. The van der Waals surface area contributed by atoms with E-state index in [4.69, 9.17) is 5.11 Å². The first kappa shape index (κ1) is 13.1. The molecule has 18 heavy (non-hydrogen) atoms. The van der Waals surface area contributed by atoms with E-state index in [0.717, 1.165) is 5.56 Å². The highest BCUT2D eigenvalue weighted by molar-refractivity contribution is 7.92. The summed E-state index contributed by atoms with van der Waals surface area (Å²) in [5.74, 6) is -1.41. The van der Waals surface area contributed by atoms with E-state index < -0.39 is 27.0 Å². The predicted molar refractivity (Wildman–Crippen MR) is 67.1 cm³/mol. The molecule has 2 unspecified atom stereocenters. The number of carbonyl (C=O) groups is 1. The third-order valence-electron chi connectivity index (χ3n) is 3.52. The molecule has 2 atom stereocenters. The third kappa shape index (κ3) is 2.41. The maximum Gasteiger partial charge on any atom is 0.306 e. The van der Waals surface area contributed by atoms with E-state index in [0.29, 0.717) is 17.7 Å². The Morgan fingerprint density at radius 3 is 2.33 bits per heavy atom. The van der Waals surface area contributed by atoms with E-state index in [1.54, 1.807) is 24.3 Å². The van der Waals surface area contributed by atoms with Gasteiger partial charge in [0.25, 0.3) is 0 Å². The second-order valence-corrected chi connectivity index (χ2v) is 7.06. The molecule has 1 aliphatic rings. The highest BCUT2D eigenvalue weighted by Gasteiger charge is 2.38. The molecule has 0 aromatic heterocycles. The fraction of sp³-hybridized carbons (Fsp3) is 0.462. The molecule has 0 radical (unpaired) electrons. The average Bonchev–Trinajstić information content (AvgIpc) is 2.79. The Morgan fingerprint density at radius 1 is 1.22 bits per heavy atom. The summed E-state index contributed by atoms with van der Waals surface area (Å²) in [5, 5.41) is 8.35. The zero-order chi connectivity index (χ0) is 13.3. The first-order valence-electron chi connectivity index (χ1n) is 5.94. The van der Waals surface area contributed by atoms with Crippen molar-refractivity contribution in [2.45, 2.75) is 36.3 Å². The summed E-state index contributed by atoms with van der Waals surface area (Å²) in [5.41, 5.74) is 1.00. The van der Waals surface area contributed by atoms with Crippen LogP contribution in [0, 0.1) is 12.8 Å². The summed E-state index contributed by atoms with van der Waals surface area (Å²) in [4.78, 5) is 11.2. The van der Waals surface area contributed by atoms with Crippen LogP contribution >= 0.6 is 0 Å². The fourth-order valence-corrected chi connectivity index (χ4v) is 4.20. The van der Waals surface area contributed by atoms with Crippen LogP contribution in [0.3, 0.4) is 0 Å². The number of carboxylic acids is 1. The molecule has 0 spiro atoms. The minimum atomic E-state index is -3.39. The standard InChI is InChI=1S/C13H16O4S/c1-9-2-5-11(6-3-9)18(16,17)12-7-4-10(8-12)13(14)15/h2-3,5-6,10,12H,4,7-8H2,1H3,(H,14,15). The van der Waals surface area contributed by atoms with E-state index in [-0.39, 0.29) is 6.42 Å². The van der Waals surface area contributed by atoms with Crippen LogP contribution < -0.4 is 0 Å². The molecule has 0 bridgehead atoms. The number of sulfone groups is 1. The van der Waals surface area contributed by atoms with Gasteiger partial charge in [0, 0.05) is 0 Å². The fourth-order valence-electron chi connectivity index (χ4n) is 2.37. The summed E-state index contributed by atoms with van der Waals surface area (Å²) >= 11 is 0. The molecular formula is C13H16O4S. The molecule has 5 heteroatoms. The van der Waals surface area contributed by atoms with Gasteiger partial charge in [-0.3, -0.25) is 4.79 Å². The lowest BCUT2D eigenvalue weighted by atomic mass is 10.1. The summed E-state index contributed by atoms with van der Waals surface area (Å²) < 4.78 is 24.6. The third-order valence-corrected chi connectivity index (χ3v) is 5.76. The van der Waals surface area contributed by atoms with Crippen LogP contribution in [0.2, 0.25) is 0 Å². The zero-order valence-corrected chi connectivity index (χ0v) is 11.0. The number of carboxylic acid groups (broad SMARTS) is 1. The first-order valence-corrected chi connectivity index (χ1v) is 7.49. The van der Waals surface area contributed by atoms with Gasteiger partial charge in [0.05, 0.1) is 16.1 Å². The van der Waals surface area contributed by atoms with Crippen molar-refractivity contribution in [1.29, 1.82) is 0 Å². The lowest BCUT2D eigenvalue weighted by Gasteiger charge is -2.11. The van der Waals surface area contributed by atoms with Crippen LogP contribution in [-0.2, 0) is 14.6 Å². The van der Waals surface area contributed by atoms with Gasteiger partial charge in [0.15, 0.2) is 9.84 Å². The van der Waals surface area contributed by atoms with Crippen molar-refractivity contribution in [3.8, 4) is 0 Å². The average molecular weight is 268 g/mol. The molecule has 0 saturated heterocycles. The van der Waals surface area contributed by atoms with E-state index >= 15 is 0 Å². The normalized spacial score (nSPS) is 24.1. The van der Waals surface area contributed by atoms with Crippen LogP contribution in [-0.4, -0.2) is 24.7 Å². The lowest BCUT2D eigenvalue weighted by Crippen LogP contribution is -2.20. The number of aliphatic carboxylic acids is 1. The lowest BCUT2D eigenvalue weighted by molar-refractivity contribution is -0.141. The van der Waals surface area contributed by atoms with Crippen LogP contribution in [0.1, 0.15) is 24.8 Å². The summed E-state index contributed by atoms with van der Waals surface area (Å²) in [6, 6.07) is 6.71. The van der Waals surface area contributed by atoms with Gasteiger partial charge in [-0.2, -0.15) is 0 Å². The molecule has 0 heterocycles. The Hall–Kier alpha value is -1.36. The van der Waals surface area contributed by atoms with Gasteiger partial charge in [0.2, 0.25) is 0 Å². The van der Waals surface area contributed by atoms with Crippen LogP contribution in [0.4, 0.5) is 0 Å². The van der Waals surface area contributed by atoms with Crippen molar-refractivity contribution in [3.63, 3.8) is 0 Å². The Balaban J connectivity index is 2.22. The molecule has 1 aromatic rings.